The van der Waals surface area contributed by atoms with Gasteiger partial charge in [0.2, 0.25) is 0 Å². The number of ether oxygens (including phenoxy) is 2. The molecular weight excluding hydrogens is 249 g/mol. The van der Waals surface area contributed by atoms with Crippen molar-refractivity contribution in [2.75, 3.05) is 26.9 Å². The SMILES string of the molecule is COc1ccc(C(C)NCC2(O)CCOC2)c(F)c1. The van der Waals surface area contributed by atoms with Crippen molar-refractivity contribution in [3.05, 3.63) is 29.6 Å². The Hall–Kier alpha value is -1.17. The zero-order chi connectivity index (χ0) is 13.9. The van der Waals surface area contributed by atoms with E-state index in [0.717, 1.165) is 0 Å². The Labute approximate surface area is 112 Å². The summed E-state index contributed by atoms with van der Waals surface area (Å²) >= 11 is 0. The van der Waals surface area contributed by atoms with E-state index in [1.54, 1.807) is 12.1 Å². The van der Waals surface area contributed by atoms with Crippen LogP contribution in [0.2, 0.25) is 0 Å². The van der Waals surface area contributed by atoms with Crippen molar-refractivity contribution < 1.29 is 19.0 Å². The standard InChI is InChI=1S/C14H20FNO3/c1-10(16-8-14(17)5-6-19-9-14)12-4-3-11(18-2)7-13(12)15/h3-4,7,10,16-17H,5-6,8-9H2,1-2H3. The number of aliphatic hydroxyl groups is 1. The molecule has 0 spiro atoms. The molecule has 2 atom stereocenters. The molecule has 19 heavy (non-hydrogen) atoms. The molecule has 0 saturated carbocycles. The second-order valence-electron chi connectivity index (χ2n) is 5.02. The topological polar surface area (TPSA) is 50.7 Å². The average molecular weight is 269 g/mol. The van der Waals surface area contributed by atoms with Crippen LogP contribution in [0, 0.1) is 5.82 Å². The fourth-order valence-electron chi connectivity index (χ4n) is 2.17. The third kappa shape index (κ3) is 3.43. The monoisotopic (exact) mass is 269 g/mol. The van der Waals surface area contributed by atoms with E-state index < -0.39 is 5.60 Å². The Kier molecular flexibility index (Phi) is 4.39. The van der Waals surface area contributed by atoms with Crippen molar-refractivity contribution in [1.29, 1.82) is 0 Å². The fraction of sp³-hybridized carbons (Fsp3) is 0.571. The molecule has 1 aromatic carbocycles. The highest BCUT2D eigenvalue weighted by atomic mass is 19.1. The highest BCUT2D eigenvalue weighted by Gasteiger charge is 2.32. The predicted molar refractivity (Wildman–Crippen MR) is 69.8 cm³/mol. The van der Waals surface area contributed by atoms with Gasteiger partial charge in [0.1, 0.15) is 17.2 Å². The largest absolute Gasteiger partial charge is 0.497 e. The van der Waals surface area contributed by atoms with Crippen LogP contribution in [0.4, 0.5) is 4.39 Å². The zero-order valence-electron chi connectivity index (χ0n) is 11.3. The number of halogens is 1. The molecule has 1 aliphatic heterocycles. The van der Waals surface area contributed by atoms with E-state index in [0.29, 0.717) is 37.5 Å². The van der Waals surface area contributed by atoms with E-state index in [1.165, 1.54) is 13.2 Å². The van der Waals surface area contributed by atoms with Crippen LogP contribution in [0.5, 0.6) is 5.75 Å². The molecule has 5 heteroatoms. The van der Waals surface area contributed by atoms with Crippen molar-refractivity contribution >= 4 is 0 Å². The first-order chi connectivity index (χ1) is 9.04. The second-order valence-corrected chi connectivity index (χ2v) is 5.02. The molecule has 4 nitrogen and oxygen atoms in total. The fourth-order valence-corrected chi connectivity index (χ4v) is 2.17. The van der Waals surface area contributed by atoms with Crippen molar-refractivity contribution in [2.45, 2.75) is 25.0 Å². The van der Waals surface area contributed by atoms with Gasteiger partial charge in [0.05, 0.1) is 13.7 Å². The molecule has 0 aromatic heterocycles. The van der Waals surface area contributed by atoms with Gasteiger partial charge >= 0.3 is 0 Å². The van der Waals surface area contributed by atoms with E-state index >= 15 is 0 Å². The van der Waals surface area contributed by atoms with Crippen LogP contribution in [-0.4, -0.2) is 37.6 Å². The lowest BCUT2D eigenvalue weighted by molar-refractivity contribution is 0.0251. The van der Waals surface area contributed by atoms with E-state index in [1.807, 2.05) is 6.92 Å². The Morgan fingerprint density at radius 3 is 2.95 bits per heavy atom. The number of rotatable bonds is 5. The first kappa shape index (κ1) is 14.2. The molecule has 2 unspecified atom stereocenters. The molecular formula is C14H20FNO3. The third-order valence-corrected chi connectivity index (χ3v) is 3.49. The molecule has 0 radical (unpaired) electrons. The Morgan fingerprint density at radius 2 is 2.37 bits per heavy atom. The predicted octanol–water partition coefficient (Wildman–Crippen LogP) is 1.64. The van der Waals surface area contributed by atoms with Crippen molar-refractivity contribution in [1.82, 2.24) is 5.32 Å². The summed E-state index contributed by atoms with van der Waals surface area (Å²) in [6, 6.07) is 4.60. The van der Waals surface area contributed by atoms with E-state index in [2.05, 4.69) is 5.32 Å². The molecule has 2 N–H and O–H groups in total. The van der Waals surface area contributed by atoms with Crippen LogP contribution in [0.25, 0.3) is 0 Å². The van der Waals surface area contributed by atoms with E-state index in [9.17, 15) is 9.50 Å². The summed E-state index contributed by atoms with van der Waals surface area (Å²) in [5.74, 6) is 0.185. The number of hydrogen-bond acceptors (Lipinski definition) is 4. The maximum atomic E-state index is 13.9. The van der Waals surface area contributed by atoms with Gasteiger partial charge in [0, 0.05) is 37.2 Å². The van der Waals surface area contributed by atoms with Gasteiger partial charge in [0.25, 0.3) is 0 Å². The molecule has 1 fully saturated rings. The molecule has 1 aromatic rings. The normalized spacial score (nSPS) is 24.4. The highest BCUT2D eigenvalue weighted by molar-refractivity contribution is 5.30. The van der Waals surface area contributed by atoms with Gasteiger partial charge in [-0.05, 0) is 13.0 Å². The summed E-state index contributed by atoms with van der Waals surface area (Å²) in [5.41, 5.74) is -0.277. The van der Waals surface area contributed by atoms with Gasteiger partial charge in [-0.3, -0.25) is 0 Å². The quantitative estimate of drug-likeness (QED) is 0.853. The molecule has 0 bridgehead atoms. The van der Waals surface area contributed by atoms with Crippen LogP contribution in [0.1, 0.15) is 24.9 Å². The van der Waals surface area contributed by atoms with Gasteiger partial charge in [-0.25, -0.2) is 4.39 Å². The van der Waals surface area contributed by atoms with Crippen molar-refractivity contribution in [3.63, 3.8) is 0 Å². The minimum atomic E-state index is -0.836. The minimum Gasteiger partial charge on any atom is -0.497 e. The molecule has 1 aliphatic rings. The summed E-state index contributed by atoms with van der Waals surface area (Å²) in [5, 5.41) is 13.3. The van der Waals surface area contributed by atoms with Crippen LogP contribution >= 0.6 is 0 Å². The number of methoxy groups -OCH3 is 1. The van der Waals surface area contributed by atoms with Gasteiger partial charge < -0.3 is 19.9 Å². The van der Waals surface area contributed by atoms with Gasteiger partial charge in [0.15, 0.2) is 0 Å². The van der Waals surface area contributed by atoms with Crippen molar-refractivity contribution in [2.24, 2.45) is 0 Å². The first-order valence-corrected chi connectivity index (χ1v) is 6.41. The molecule has 1 heterocycles. The third-order valence-electron chi connectivity index (χ3n) is 3.49. The van der Waals surface area contributed by atoms with Crippen molar-refractivity contribution in [3.8, 4) is 5.75 Å². The Morgan fingerprint density at radius 1 is 1.58 bits per heavy atom. The molecule has 1 saturated heterocycles. The van der Waals surface area contributed by atoms with E-state index in [4.69, 9.17) is 9.47 Å². The minimum absolute atomic E-state index is 0.185. The lowest BCUT2D eigenvalue weighted by Crippen LogP contribution is -2.42. The maximum absolute atomic E-state index is 13.9. The zero-order valence-corrected chi connectivity index (χ0v) is 11.3. The lowest BCUT2D eigenvalue weighted by atomic mass is 10.0. The van der Waals surface area contributed by atoms with Crippen LogP contribution in [0.15, 0.2) is 18.2 Å². The number of benzene rings is 1. The van der Waals surface area contributed by atoms with Gasteiger partial charge in [-0.1, -0.05) is 6.07 Å². The first-order valence-electron chi connectivity index (χ1n) is 6.41. The van der Waals surface area contributed by atoms with Crippen LogP contribution in [-0.2, 0) is 4.74 Å². The molecule has 2 rings (SSSR count). The Balaban J connectivity index is 1.97. The summed E-state index contributed by atoms with van der Waals surface area (Å²) in [7, 11) is 1.51. The van der Waals surface area contributed by atoms with Crippen LogP contribution < -0.4 is 10.1 Å². The van der Waals surface area contributed by atoms with Crippen LogP contribution in [0.3, 0.4) is 0 Å². The smallest absolute Gasteiger partial charge is 0.131 e. The lowest BCUT2D eigenvalue weighted by Gasteiger charge is -2.24. The Bertz CT molecular complexity index is 433. The number of nitrogens with one attached hydrogen (secondary N) is 1. The molecule has 0 aliphatic carbocycles. The summed E-state index contributed by atoms with van der Waals surface area (Å²) in [6.07, 6.45) is 0.609. The summed E-state index contributed by atoms with van der Waals surface area (Å²) < 4.78 is 24.0. The average Bonchev–Trinajstić information content (AvgIpc) is 2.83. The van der Waals surface area contributed by atoms with Gasteiger partial charge in [-0.2, -0.15) is 0 Å². The van der Waals surface area contributed by atoms with E-state index in [-0.39, 0.29) is 11.9 Å². The summed E-state index contributed by atoms with van der Waals surface area (Å²) in [6.45, 7) is 3.16. The molecule has 106 valence electrons. The summed E-state index contributed by atoms with van der Waals surface area (Å²) in [4.78, 5) is 0. The maximum Gasteiger partial charge on any atom is 0.131 e. The van der Waals surface area contributed by atoms with Gasteiger partial charge in [-0.15, -0.1) is 0 Å². The second kappa shape index (κ2) is 5.86. The number of hydrogen-bond donors (Lipinski definition) is 2. The molecule has 0 amide bonds. The highest BCUT2D eigenvalue weighted by Crippen LogP contribution is 2.23.